The van der Waals surface area contributed by atoms with Crippen molar-refractivity contribution in [3.8, 4) is 0 Å². The van der Waals surface area contributed by atoms with Gasteiger partial charge in [-0.15, -0.1) is 0 Å². The van der Waals surface area contributed by atoms with Crippen LogP contribution in [0, 0.1) is 0 Å². The molecule has 0 saturated carbocycles. The maximum absolute atomic E-state index is 12.8. The van der Waals surface area contributed by atoms with Gasteiger partial charge in [-0.3, -0.25) is 18.6 Å². The summed E-state index contributed by atoms with van der Waals surface area (Å²) in [6, 6.07) is 16.5. The Morgan fingerprint density at radius 3 is 1.58 bits per heavy atom. The lowest BCUT2D eigenvalue weighted by molar-refractivity contribution is 0.101. The van der Waals surface area contributed by atoms with Crippen LogP contribution in [0.2, 0.25) is 0 Å². The fourth-order valence-corrected chi connectivity index (χ4v) is 2.98. The second-order valence-electron chi connectivity index (χ2n) is 5.16. The Kier molecular flexibility index (Phi) is 6.58. The Hall–Kier alpha value is -2.60. The van der Waals surface area contributed by atoms with Gasteiger partial charge in [0.25, 0.3) is 0 Å². The van der Waals surface area contributed by atoms with Gasteiger partial charge < -0.3 is 0 Å². The molecule has 0 aliphatic rings. The van der Waals surface area contributed by atoms with Crippen molar-refractivity contribution in [2.45, 2.75) is 0 Å². The zero-order valence-corrected chi connectivity index (χ0v) is 15.6. The van der Waals surface area contributed by atoms with E-state index in [1.165, 1.54) is 21.3 Å². The van der Waals surface area contributed by atoms with Crippen LogP contribution >= 0.6 is 7.75 Å². The fourth-order valence-electron chi connectivity index (χ4n) is 2.16. The zero-order chi connectivity index (χ0) is 19.2. The molecule has 0 bridgehead atoms. The van der Waals surface area contributed by atoms with Crippen LogP contribution in [0.1, 0.15) is 20.7 Å². The summed E-state index contributed by atoms with van der Waals surface area (Å²) in [5.41, 5.74) is 0.182. The van der Waals surface area contributed by atoms with Gasteiger partial charge in [-0.25, -0.2) is 9.34 Å². The first-order valence-corrected chi connectivity index (χ1v) is 9.16. The van der Waals surface area contributed by atoms with E-state index in [1.54, 1.807) is 60.7 Å². The third-order valence-electron chi connectivity index (χ3n) is 3.56. The van der Waals surface area contributed by atoms with Crippen LogP contribution in [0.5, 0.6) is 0 Å². The summed E-state index contributed by atoms with van der Waals surface area (Å²) in [6.45, 7) is 0. The average molecular weight is 374 g/mol. The maximum atomic E-state index is 12.8. The van der Waals surface area contributed by atoms with E-state index in [1.807, 2.05) is 0 Å². The number of benzene rings is 2. The molecule has 0 amide bonds. The molecule has 0 spiro atoms. The molecular weight excluding hydrogens is 355 g/mol. The van der Waals surface area contributed by atoms with Crippen LogP contribution in [-0.4, -0.2) is 43.3 Å². The molecule has 0 aromatic heterocycles. The minimum Gasteiger partial charge on any atom is -0.295 e. The lowest BCUT2D eigenvalue weighted by Crippen LogP contribution is -2.28. The highest BCUT2D eigenvalue weighted by molar-refractivity contribution is 7.51. The highest BCUT2D eigenvalue weighted by Crippen LogP contribution is 2.49. The molecule has 0 aliphatic carbocycles. The quantitative estimate of drug-likeness (QED) is 0.231. The van der Waals surface area contributed by atoms with Crippen molar-refractivity contribution >= 4 is 25.0 Å². The topological polar surface area (TPSA) is 85.3 Å². The van der Waals surface area contributed by atoms with E-state index in [4.69, 9.17) is 9.05 Å². The van der Waals surface area contributed by atoms with E-state index in [2.05, 4.69) is 5.10 Å². The highest BCUT2D eigenvalue weighted by atomic mass is 31.2. The minimum absolute atomic E-state index is 0.286. The van der Waals surface area contributed by atoms with Gasteiger partial charge in [0.2, 0.25) is 11.6 Å². The number of rotatable bonds is 8. The number of Topliss-reactive ketones (excluding diaryl/α,β-unsaturated/α-hetero) is 2. The van der Waals surface area contributed by atoms with Gasteiger partial charge in [0, 0.05) is 32.4 Å². The molecule has 136 valence electrons. The standard InChI is InChI=1S/C18H19N2O5P/c1-20(26(23,24-2)25-3)19-16(17(21)14-10-6-4-7-11-14)18(22)15-12-8-5-9-13-15/h4-13H,1-3H3. The molecule has 8 heteroatoms. The van der Waals surface area contributed by atoms with Crippen molar-refractivity contribution in [1.29, 1.82) is 0 Å². The third-order valence-corrected chi connectivity index (χ3v) is 5.28. The van der Waals surface area contributed by atoms with E-state index >= 15 is 0 Å². The molecule has 2 aromatic rings. The van der Waals surface area contributed by atoms with E-state index in [0.717, 1.165) is 4.78 Å². The predicted octanol–water partition coefficient (Wildman–Crippen LogP) is 3.44. The molecule has 0 radical (unpaired) electrons. The summed E-state index contributed by atoms with van der Waals surface area (Å²) in [7, 11) is -0.0604. The molecule has 2 aromatic carbocycles. The number of hydrogen-bond donors (Lipinski definition) is 0. The van der Waals surface area contributed by atoms with Crippen molar-refractivity contribution in [2.24, 2.45) is 5.10 Å². The van der Waals surface area contributed by atoms with Crippen LogP contribution in [0.25, 0.3) is 0 Å². The SMILES string of the molecule is COP(=O)(OC)N(C)N=C(C(=O)c1ccccc1)C(=O)c1ccccc1. The molecule has 0 unspecified atom stereocenters. The van der Waals surface area contributed by atoms with Crippen LogP contribution in [0.15, 0.2) is 65.8 Å². The first-order valence-electron chi connectivity index (χ1n) is 7.66. The maximum Gasteiger partial charge on any atom is 0.450 e. The van der Waals surface area contributed by atoms with Gasteiger partial charge in [-0.2, -0.15) is 5.10 Å². The zero-order valence-electron chi connectivity index (χ0n) is 14.7. The first kappa shape index (κ1) is 19.7. The van der Waals surface area contributed by atoms with E-state index in [9.17, 15) is 14.2 Å². The van der Waals surface area contributed by atoms with Crippen molar-refractivity contribution in [3.05, 3.63) is 71.8 Å². The Morgan fingerprint density at radius 2 is 1.23 bits per heavy atom. The Balaban J connectivity index is 2.52. The van der Waals surface area contributed by atoms with E-state index in [-0.39, 0.29) is 16.8 Å². The monoisotopic (exact) mass is 374 g/mol. The van der Waals surface area contributed by atoms with Gasteiger partial charge >= 0.3 is 7.75 Å². The Bertz CT molecular complexity index is 791. The number of carbonyl (C=O) groups is 2. The third kappa shape index (κ3) is 4.32. The van der Waals surface area contributed by atoms with Crippen LogP contribution in [-0.2, 0) is 13.6 Å². The highest BCUT2D eigenvalue weighted by Gasteiger charge is 2.31. The molecule has 26 heavy (non-hydrogen) atoms. The Morgan fingerprint density at radius 1 is 0.846 bits per heavy atom. The summed E-state index contributed by atoms with van der Waals surface area (Å²) < 4.78 is 23.0. The van der Waals surface area contributed by atoms with Crippen molar-refractivity contribution in [2.75, 3.05) is 21.3 Å². The second-order valence-corrected chi connectivity index (χ2v) is 7.41. The fraction of sp³-hybridized carbons (Fsp3) is 0.167. The largest absolute Gasteiger partial charge is 0.450 e. The molecule has 0 N–H and O–H groups in total. The van der Waals surface area contributed by atoms with E-state index in [0.29, 0.717) is 0 Å². The molecule has 0 saturated heterocycles. The molecule has 7 nitrogen and oxygen atoms in total. The van der Waals surface area contributed by atoms with Gasteiger partial charge in [-0.05, 0) is 0 Å². The summed E-state index contributed by atoms with van der Waals surface area (Å²) in [5.74, 6) is -1.19. The minimum atomic E-state index is -3.75. The van der Waals surface area contributed by atoms with Crippen molar-refractivity contribution in [3.63, 3.8) is 0 Å². The van der Waals surface area contributed by atoms with Gasteiger partial charge in [0.05, 0.1) is 0 Å². The number of nitrogens with zero attached hydrogens (tertiary/aromatic N) is 2. The number of hydrazone groups is 1. The molecule has 0 atom stereocenters. The summed E-state index contributed by atoms with van der Waals surface area (Å²) >= 11 is 0. The molecule has 0 aliphatic heterocycles. The van der Waals surface area contributed by atoms with Crippen LogP contribution in [0.3, 0.4) is 0 Å². The molecule has 0 fully saturated rings. The second kappa shape index (κ2) is 8.67. The number of ketones is 2. The summed E-state index contributed by atoms with van der Waals surface area (Å²) in [5, 5.41) is 3.98. The molecular formula is C18H19N2O5P. The summed E-state index contributed by atoms with van der Waals surface area (Å²) in [4.78, 5) is 25.7. The Labute approximate surface area is 151 Å². The molecule has 0 heterocycles. The lowest BCUT2D eigenvalue weighted by atomic mass is 9.99. The van der Waals surface area contributed by atoms with Gasteiger partial charge in [-0.1, -0.05) is 60.7 Å². The van der Waals surface area contributed by atoms with Gasteiger partial charge in [0.15, 0.2) is 5.71 Å². The average Bonchev–Trinajstić information content (AvgIpc) is 2.71. The predicted molar refractivity (Wildman–Crippen MR) is 98.4 cm³/mol. The van der Waals surface area contributed by atoms with Crippen molar-refractivity contribution < 1.29 is 23.2 Å². The van der Waals surface area contributed by atoms with E-state index < -0.39 is 19.3 Å². The normalized spacial score (nSPS) is 10.9. The lowest BCUT2D eigenvalue weighted by Gasteiger charge is -2.22. The molecule has 2 rings (SSSR count). The number of hydrogen-bond acceptors (Lipinski definition) is 6. The van der Waals surface area contributed by atoms with Crippen LogP contribution < -0.4 is 0 Å². The number of carbonyl (C=O) groups excluding carboxylic acids is 2. The first-order chi connectivity index (χ1) is 12.4. The van der Waals surface area contributed by atoms with Crippen molar-refractivity contribution in [1.82, 2.24) is 4.78 Å². The summed E-state index contributed by atoms with van der Waals surface area (Å²) in [6.07, 6.45) is 0. The smallest absolute Gasteiger partial charge is 0.295 e. The van der Waals surface area contributed by atoms with Crippen LogP contribution in [0.4, 0.5) is 0 Å². The van der Waals surface area contributed by atoms with Gasteiger partial charge in [0.1, 0.15) is 0 Å².